The minimum Gasteiger partial charge on any atom is -0.325 e. The third kappa shape index (κ3) is 3.82. The van der Waals surface area contributed by atoms with Gasteiger partial charge in [0, 0.05) is 10.4 Å². The van der Waals surface area contributed by atoms with E-state index in [2.05, 4.69) is 31.4 Å². The van der Waals surface area contributed by atoms with E-state index in [1.54, 1.807) is 0 Å². The van der Waals surface area contributed by atoms with Crippen molar-refractivity contribution in [2.45, 2.75) is 64.3 Å². The van der Waals surface area contributed by atoms with Crippen molar-refractivity contribution < 1.29 is 0 Å². The molecular weight excluding hydrogens is 226 g/mol. The fourth-order valence-electron chi connectivity index (χ4n) is 2.83. The first-order chi connectivity index (χ1) is 7.99. The van der Waals surface area contributed by atoms with Gasteiger partial charge in [0.05, 0.1) is 0 Å². The first-order valence-corrected chi connectivity index (χ1v) is 7.68. The Kier molecular flexibility index (Phi) is 3.94. The largest absolute Gasteiger partial charge is 0.325 e. The topological polar surface area (TPSA) is 26.0 Å². The Morgan fingerprint density at radius 1 is 1.24 bits per heavy atom. The summed E-state index contributed by atoms with van der Waals surface area (Å²) in [4.78, 5) is 1.48. The Morgan fingerprint density at radius 3 is 2.76 bits per heavy atom. The van der Waals surface area contributed by atoms with Crippen LogP contribution in [0.15, 0.2) is 17.5 Å². The van der Waals surface area contributed by atoms with Crippen molar-refractivity contribution in [2.75, 3.05) is 0 Å². The van der Waals surface area contributed by atoms with Crippen molar-refractivity contribution >= 4 is 11.3 Å². The van der Waals surface area contributed by atoms with Crippen LogP contribution in [-0.4, -0.2) is 5.54 Å². The lowest BCUT2D eigenvalue weighted by molar-refractivity contribution is 0.291. The highest BCUT2D eigenvalue weighted by molar-refractivity contribution is 7.09. The van der Waals surface area contributed by atoms with Gasteiger partial charge in [-0.3, -0.25) is 0 Å². The summed E-state index contributed by atoms with van der Waals surface area (Å²) in [5.41, 5.74) is 7.20. The van der Waals surface area contributed by atoms with Crippen LogP contribution in [0.25, 0.3) is 0 Å². The van der Waals surface area contributed by atoms with Gasteiger partial charge in [0.15, 0.2) is 0 Å². The molecule has 1 unspecified atom stereocenters. The summed E-state index contributed by atoms with van der Waals surface area (Å²) in [5, 5.41) is 2.16. The first kappa shape index (κ1) is 13.1. The number of aryl methyl sites for hydroxylation is 1. The Balaban J connectivity index is 1.90. The molecular formula is C15H25NS. The molecule has 0 aromatic carbocycles. The summed E-state index contributed by atoms with van der Waals surface area (Å²) < 4.78 is 0. The van der Waals surface area contributed by atoms with Crippen LogP contribution in [0.1, 0.15) is 57.2 Å². The summed E-state index contributed by atoms with van der Waals surface area (Å²) in [6, 6.07) is 4.37. The van der Waals surface area contributed by atoms with Gasteiger partial charge in [0.25, 0.3) is 0 Å². The Morgan fingerprint density at radius 2 is 2.06 bits per heavy atom. The van der Waals surface area contributed by atoms with Crippen LogP contribution in [-0.2, 0) is 6.42 Å². The summed E-state index contributed by atoms with van der Waals surface area (Å²) in [5.74, 6) is 0. The molecule has 17 heavy (non-hydrogen) atoms. The van der Waals surface area contributed by atoms with Crippen molar-refractivity contribution in [3.05, 3.63) is 22.4 Å². The molecule has 1 fully saturated rings. The number of thiophene rings is 1. The highest BCUT2D eigenvalue weighted by Gasteiger charge is 2.32. The maximum absolute atomic E-state index is 6.60. The van der Waals surface area contributed by atoms with Gasteiger partial charge in [-0.15, -0.1) is 11.3 Å². The van der Waals surface area contributed by atoms with E-state index < -0.39 is 0 Å². The third-order valence-electron chi connectivity index (χ3n) is 4.28. The van der Waals surface area contributed by atoms with Gasteiger partial charge in [-0.05, 0) is 55.4 Å². The molecule has 0 amide bonds. The average molecular weight is 251 g/mol. The smallest absolute Gasteiger partial charge is 0.0158 e. The Labute approximate surface area is 109 Å². The molecule has 1 aliphatic carbocycles. The maximum Gasteiger partial charge on any atom is 0.0158 e. The minimum absolute atomic E-state index is 0.0950. The second-order valence-corrected chi connectivity index (χ2v) is 7.49. The molecule has 0 bridgehead atoms. The maximum atomic E-state index is 6.60. The summed E-state index contributed by atoms with van der Waals surface area (Å²) >= 11 is 1.86. The van der Waals surface area contributed by atoms with E-state index in [1.807, 2.05) is 11.3 Å². The van der Waals surface area contributed by atoms with Gasteiger partial charge >= 0.3 is 0 Å². The Bertz CT molecular complexity index is 342. The fourth-order valence-corrected chi connectivity index (χ4v) is 3.54. The molecule has 2 N–H and O–H groups in total. The molecule has 0 saturated heterocycles. The standard InChI is InChI=1S/C15H25NS/c1-14(2)7-4-8-15(16,11-10-14)9-6-13-5-3-12-17-13/h3,5,12H,4,6-11,16H2,1-2H3. The molecule has 0 aliphatic heterocycles. The lowest BCUT2D eigenvalue weighted by Crippen LogP contribution is -2.39. The van der Waals surface area contributed by atoms with Crippen LogP contribution >= 0.6 is 11.3 Å². The molecule has 96 valence electrons. The van der Waals surface area contributed by atoms with Gasteiger partial charge in [0.1, 0.15) is 0 Å². The molecule has 0 spiro atoms. The highest BCUT2D eigenvalue weighted by Crippen LogP contribution is 2.38. The summed E-state index contributed by atoms with van der Waals surface area (Å²) in [7, 11) is 0. The van der Waals surface area contributed by atoms with E-state index in [9.17, 15) is 0 Å². The van der Waals surface area contributed by atoms with Crippen LogP contribution in [0, 0.1) is 5.41 Å². The summed E-state index contributed by atoms with van der Waals surface area (Å²) in [6.07, 6.45) is 8.65. The number of rotatable bonds is 3. The number of nitrogens with two attached hydrogens (primary N) is 1. The van der Waals surface area contributed by atoms with Crippen LogP contribution < -0.4 is 5.73 Å². The van der Waals surface area contributed by atoms with E-state index in [-0.39, 0.29) is 5.54 Å². The van der Waals surface area contributed by atoms with Crippen molar-refractivity contribution in [3.8, 4) is 0 Å². The predicted molar refractivity (Wildman–Crippen MR) is 76.4 cm³/mol. The molecule has 1 aromatic heterocycles. The van der Waals surface area contributed by atoms with Gasteiger partial charge in [-0.1, -0.05) is 26.3 Å². The number of hydrogen-bond donors (Lipinski definition) is 1. The highest BCUT2D eigenvalue weighted by atomic mass is 32.1. The second kappa shape index (κ2) is 5.11. The van der Waals surface area contributed by atoms with Crippen LogP contribution in [0.4, 0.5) is 0 Å². The molecule has 1 aliphatic rings. The van der Waals surface area contributed by atoms with Gasteiger partial charge in [-0.2, -0.15) is 0 Å². The lowest BCUT2D eigenvalue weighted by atomic mass is 9.82. The van der Waals surface area contributed by atoms with E-state index in [1.165, 1.54) is 37.0 Å². The van der Waals surface area contributed by atoms with E-state index in [4.69, 9.17) is 5.73 Å². The van der Waals surface area contributed by atoms with E-state index in [0.717, 1.165) is 12.8 Å². The summed E-state index contributed by atoms with van der Waals surface area (Å²) in [6.45, 7) is 4.77. The first-order valence-electron chi connectivity index (χ1n) is 6.81. The van der Waals surface area contributed by atoms with Gasteiger partial charge in [-0.25, -0.2) is 0 Å². The van der Waals surface area contributed by atoms with Crippen LogP contribution in [0.5, 0.6) is 0 Å². The number of hydrogen-bond acceptors (Lipinski definition) is 2. The second-order valence-electron chi connectivity index (χ2n) is 6.46. The zero-order chi connectivity index (χ0) is 12.4. The molecule has 2 heteroatoms. The zero-order valence-electron chi connectivity index (χ0n) is 11.2. The fraction of sp³-hybridized carbons (Fsp3) is 0.733. The van der Waals surface area contributed by atoms with Crippen molar-refractivity contribution in [1.29, 1.82) is 0 Å². The molecule has 0 radical (unpaired) electrons. The van der Waals surface area contributed by atoms with Crippen molar-refractivity contribution in [2.24, 2.45) is 11.1 Å². The van der Waals surface area contributed by atoms with Crippen molar-refractivity contribution in [3.63, 3.8) is 0 Å². The molecule has 1 saturated carbocycles. The molecule has 1 nitrogen and oxygen atoms in total. The predicted octanol–water partition coefficient (Wildman–Crippen LogP) is 4.37. The monoisotopic (exact) mass is 251 g/mol. The van der Waals surface area contributed by atoms with E-state index in [0.29, 0.717) is 5.41 Å². The Hall–Kier alpha value is -0.340. The van der Waals surface area contributed by atoms with E-state index >= 15 is 0 Å². The van der Waals surface area contributed by atoms with Gasteiger partial charge in [0.2, 0.25) is 0 Å². The minimum atomic E-state index is 0.0950. The lowest BCUT2D eigenvalue weighted by Gasteiger charge is -2.29. The van der Waals surface area contributed by atoms with Gasteiger partial charge < -0.3 is 5.73 Å². The van der Waals surface area contributed by atoms with Crippen LogP contribution in [0.3, 0.4) is 0 Å². The molecule has 1 heterocycles. The third-order valence-corrected chi connectivity index (χ3v) is 5.21. The van der Waals surface area contributed by atoms with Crippen molar-refractivity contribution in [1.82, 2.24) is 0 Å². The molecule has 1 aromatic rings. The van der Waals surface area contributed by atoms with Crippen LogP contribution in [0.2, 0.25) is 0 Å². The zero-order valence-corrected chi connectivity index (χ0v) is 12.0. The molecule has 2 rings (SSSR count). The quantitative estimate of drug-likeness (QED) is 0.793. The molecule has 1 atom stereocenters. The average Bonchev–Trinajstić information content (AvgIpc) is 2.72. The SMILES string of the molecule is CC1(C)CCCC(N)(CCc2cccs2)CC1. The normalized spacial score (nSPS) is 28.9.